The molecule has 3 fully saturated rings. The van der Waals surface area contributed by atoms with Crippen LogP contribution in [0.25, 0.3) is 0 Å². The molecule has 0 aromatic carbocycles. The van der Waals surface area contributed by atoms with Crippen molar-refractivity contribution in [2.45, 2.75) is 70.3 Å². The third kappa shape index (κ3) is 2.71. The second-order valence-electron chi connectivity index (χ2n) is 5.25. The fraction of sp³-hybridized carbons (Fsp3) is 1.00. The van der Waals surface area contributed by atoms with Gasteiger partial charge < -0.3 is 33.2 Å². The molecule has 3 rings (SSSR count). The van der Waals surface area contributed by atoms with Crippen LogP contribution in [-0.4, -0.2) is 63.3 Å². The minimum absolute atomic E-state index is 0.235. The van der Waals surface area contributed by atoms with Crippen molar-refractivity contribution < 1.29 is 33.2 Å². The Balaban J connectivity index is 1.84. The SMILES string of the molecule is COC1OC2COC(C)OC2C2OC(C)OC(C)OC12. The molecular formula is C13H22O7. The van der Waals surface area contributed by atoms with Gasteiger partial charge in [0, 0.05) is 7.11 Å². The van der Waals surface area contributed by atoms with E-state index in [0.29, 0.717) is 6.61 Å². The monoisotopic (exact) mass is 290 g/mol. The van der Waals surface area contributed by atoms with Crippen LogP contribution in [0.4, 0.5) is 0 Å². The van der Waals surface area contributed by atoms with E-state index in [1.54, 1.807) is 7.11 Å². The summed E-state index contributed by atoms with van der Waals surface area (Å²) in [5.41, 5.74) is 0. The summed E-state index contributed by atoms with van der Waals surface area (Å²) in [4.78, 5) is 0. The molecule has 116 valence electrons. The Bertz CT molecular complexity index is 339. The van der Waals surface area contributed by atoms with Crippen LogP contribution < -0.4 is 0 Å². The molecule has 0 bridgehead atoms. The van der Waals surface area contributed by atoms with Gasteiger partial charge in [0.15, 0.2) is 25.2 Å². The largest absolute Gasteiger partial charge is 0.353 e. The topological polar surface area (TPSA) is 64.6 Å². The maximum absolute atomic E-state index is 5.95. The molecule has 8 unspecified atom stereocenters. The van der Waals surface area contributed by atoms with Crippen LogP contribution in [0.5, 0.6) is 0 Å². The minimum atomic E-state index is -0.529. The predicted molar refractivity (Wildman–Crippen MR) is 65.7 cm³/mol. The number of ether oxygens (including phenoxy) is 7. The smallest absolute Gasteiger partial charge is 0.186 e. The molecule has 3 heterocycles. The maximum atomic E-state index is 5.95. The molecule has 0 aromatic rings. The summed E-state index contributed by atoms with van der Waals surface area (Å²) < 4.78 is 39.9. The Morgan fingerprint density at radius 1 is 0.750 bits per heavy atom. The number of rotatable bonds is 1. The summed E-state index contributed by atoms with van der Waals surface area (Å²) in [6, 6.07) is 0. The number of methoxy groups -OCH3 is 1. The summed E-state index contributed by atoms with van der Waals surface area (Å²) >= 11 is 0. The quantitative estimate of drug-likeness (QED) is 0.701. The van der Waals surface area contributed by atoms with Gasteiger partial charge >= 0.3 is 0 Å². The molecule has 0 aromatic heterocycles. The van der Waals surface area contributed by atoms with E-state index in [4.69, 9.17) is 33.2 Å². The molecule has 3 saturated heterocycles. The van der Waals surface area contributed by atoms with Crippen LogP contribution in [0, 0.1) is 0 Å². The first kappa shape index (κ1) is 14.6. The van der Waals surface area contributed by atoms with Crippen molar-refractivity contribution in [1.29, 1.82) is 0 Å². The first-order valence-electron chi connectivity index (χ1n) is 7.00. The van der Waals surface area contributed by atoms with E-state index in [1.807, 2.05) is 20.8 Å². The molecule has 0 radical (unpaired) electrons. The summed E-state index contributed by atoms with van der Waals surface area (Å²) in [6.07, 6.45) is -2.80. The molecule has 7 heteroatoms. The molecule has 0 aliphatic carbocycles. The molecule has 20 heavy (non-hydrogen) atoms. The zero-order chi connectivity index (χ0) is 14.3. The summed E-state index contributed by atoms with van der Waals surface area (Å²) in [5, 5.41) is 0. The molecule has 0 N–H and O–H groups in total. The number of fused-ring (bicyclic) bond motifs is 3. The highest BCUT2D eigenvalue weighted by molar-refractivity contribution is 4.95. The number of hydrogen-bond donors (Lipinski definition) is 0. The normalized spacial score (nSPS) is 52.8. The van der Waals surface area contributed by atoms with Crippen LogP contribution in [-0.2, 0) is 33.2 Å². The van der Waals surface area contributed by atoms with Crippen molar-refractivity contribution in [2.24, 2.45) is 0 Å². The van der Waals surface area contributed by atoms with Gasteiger partial charge in [-0.2, -0.15) is 0 Å². The van der Waals surface area contributed by atoms with Crippen LogP contribution in [0.2, 0.25) is 0 Å². The lowest BCUT2D eigenvalue weighted by atomic mass is 9.97. The van der Waals surface area contributed by atoms with Gasteiger partial charge in [-0.15, -0.1) is 0 Å². The Morgan fingerprint density at radius 3 is 2.10 bits per heavy atom. The van der Waals surface area contributed by atoms with Gasteiger partial charge in [0.25, 0.3) is 0 Å². The molecule has 0 spiro atoms. The van der Waals surface area contributed by atoms with Gasteiger partial charge in [-0.25, -0.2) is 0 Å². The van der Waals surface area contributed by atoms with Crippen molar-refractivity contribution in [1.82, 2.24) is 0 Å². The second-order valence-corrected chi connectivity index (χ2v) is 5.25. The first-order valence-corrected chi connectivity index (χ1v) is 7.00. The van der Waals surface area contributed by atoms with E-state index in [2.05, 4.69) is 0 Å². The van der Waals surface area contributed by atoms with Crippen molar-refractivity contribution in [3.8, 4) is 0 Å². The average Bonchev–Trinajstić information content (AvgIpc) is 2.55. The Labute approximate surface area is 118 Å². The lowest BCUT2D eigenvalue weighted by molar-refractivity contribution is -0.361. The number of hydrogen-bond acceptors (Lipinski definition) is 7. The highest BCUT2D eigenvalue weighted by Crippen LogP contribution is 2.34. The zero-order valence-corrected chi connectivity index (χ0v) is 12.2. The van der Waals surface area contributed by atoms with Crippen LogP contribution in [0.15, 0.2) is 0 Å². The molecule has 7 nitrogen and oxygen atoms in total. The highest BCUT2D eigenvalue weighted by Gasteiger charge is 2.53. The fourth-order valence-corrected chi connectivity index (χ4v) is 2.93. The molecule has 0 saturated carbocycles. The lowest BCUT2D eigenvalue weighted by Crippen LogP contribution is -2.64. The van der Waals surface area contributed by atoms with Crippen LogP contribution in [0.1, 0.15) is 20.8 Å². The van der Waals surface area contributed by atoms with Gasteiger partial charge in [-0.1, -0.05) is 0 Å². The van der Waals surface area contributed by atoms with Crippen molar-refractivity contribution >= 4 is 0 Å². The minimum Gasteiger partial charge on any atom is -0.353 e. The van der Waals surface area contributed by atoms with E-state index in [-0.39, 0.29) is 30.9 Å². The summed E-state index contributed by atoms with van der Waals surface area (Å²) in [6.45, 7) is 5.97. The van der Waals surface area contributed by atoms with E-state index < -0.39 is 18.7 Å². The van der Waals surface area contributed by atoms with Gasteiger partial charge in [-0.3, -0.25) is 0 Å². The van der Waals surface area contributed by atoms with Gasteiger partial charge in [-0.05, 0) is 20.8 Å². The van der Waals surface area contributed by atoms with Crippen molar-refractivity contribution in [3.05, 3.63) is 0 Å². The lowest BCUT2D eigenvalue weighted by Gasteiger charge is -2.47. The van der Waals surface area contributed by atoms with E-state index in [0.717, 1.165) is 0 Å². The predicted octanol–water partition coefficient (Wildman–Crippen LogP) is 0.612. The van der Waals surface area contributed by atoms with Gasteiger partial charge in [0.2, 0.25) is 0 Å². The summed E-state index contributed by atoms with van der Waals surface area (Å²) in [7, 11) is 1.58. The molecule has 0 amide bonds. The second kappa shape index (κ2) is 5.84. The van der Waals surface area contributed by atoms with Crippen LogP contribution in [0.3, 0.4) is 0 Å². The molecular weight excluding hydrogens is 268 g/mol. The van der Waals surface area contributed by atoms with Crippen molar-refractivity contribution in [2.75, 3.05) is 13.7 Å². The summed E-state index contributed by atoms with van der Waals surface area (Å²) in [5.74, 6) is 0. The van der Waals surface area contributed by atoms with E-state index in [1.165, 1.54) is 0 Å². The van der Waals surface area contributed by atoms with Gasteiger partial charge in [0.05, 0.1) is 6.61 Å². The molecule has 8 atom stereocenters. The highest BCUT2D eigenvalue weighted by atomic mass is 16.8. The maximum Gasteiger partial charge on any atom is 0.186 e. The fourth-order valence-electron chi connectivity index (χ4n) is 2.93. The van der Waals surface area contributed by atoms with E-state index in [9.17, 15) is 0 Å². The standard InChI is InChI=1S/C13H22O7/c1-6-15-5-9-10(17-6)11-12(13(14-4)20-9)19-8(3)16-7(2)18-11/h6-13H,5H2,1-4H3. The van der Waals surface area contributed by atoms with E-state index >= 15 is 0 Å². The Hall–Kier alpha value is -0.280. The van der Waals surface area contributed by atoms with Gasteiger partial charge in [0.1, 0.15) is 24.4 Å². The molecule has 3 aliphatic heterocycles. The first-order chi connectivity index (χ1) is 9.58. The average molecular weight is 290 g/mol. The zero-order valence-electron chi connectivity index (χ0n) is 12.2. The Morgan fingerprint density at radius 2 is 1.40 bits per heavy atom. The third-order valence-corrected chi connectivity index (χ3v) is 3.75. The third-order valence-electron chi connectivity index (χ3n) is 3.75. The molecule has 3 aliphatic rings. The Kier molecular flexibility index (Phi) is 4.28. The van der Waals surface area contributed by atoms with Crippen LogP contribution >= 0.6 is 0 Å². The van der Waals surface area contributed by atoms with Crippen molar-refractivity contribution in [3.63, 3.8) is 0 Å².